The maximum atomic E-state index is 13.8. The molecule has 1 aromatic carbocycles. The van der Waals surface area contributed by atoms with Gasteiger partial charge in [0.1, 0.15) is 11.4 Å². The van der Waals surface area contributed by atoms with Crippen molar-refractivity contribution < 1.29 is 18.3 Å². The molecule has 1 rings (SSSR count). The monoisotopic (exact) mass is 286 g/mol. The maximum Gasteiger partial charge on any atom is 0.257 e. The fourth-order valence-electron chi connectivity index (χ4n) is 1.66. The van der Waals surface area contributed by atoms with Crippen LogP contribution in [0.2, 0.25) is 0 Å². The van der Waals surface area contributed by atoms with Gasteiger partial charge in [-0.3, -0.25) is 4.79 Å². The first-order chi connectivity index (χ1) is 9.38. The minimum Gasteiger partial charge on any atom is -0.396 e. The van der Waals surface area contributed by atoms with Crippen molar-refractivity contribution in [3.05, 3.63) is 29.3 Å². The highest BCUT2D eigenvalue weighted by atomic mass is 19.1. The molecule has 3 N–H and O–H groups in total. The lowest BCUT2D eigenvalue weighted by Crippen LogP contribution is -2.42. The van der Waals surface area contributed by atoms with Crippen LogP contribution in [-0.4, -0.2) is 25.2 Å². The van der Waals surface area contributed by atoms with Gasteiger partial charge in [-0.15, -0.1) is 0 Å². The molecule has 1 amide bonds. The van der Waals surface area contributed by atoms with Gasteiger partial charge >= 0.3 is 0 Å². The molecule has 1 aromatic rings. The second-order valence-corrected chi connectivity index (χ2v) is 4.81. The van der Waals surface area contributed by atoms with E-state index in [1.807, 2.05) is 20.8 Å². The van der Waals surface area contributed by atoms with Crippen molar-refractivity contribution >= 4 is 11.6 Å². The van der Waals surface area contributed by atoms with E-state index in [-0.39, 0.29) is 24.3 Å². The van der Waals surface area contributed by atoms with E-state index in [4.69, 9.17) is 10.5 Å². The average Bonchev–Trinajstić information content (AvgIpc) is 2.39. The number of hydrogen-bond donors (Lipinski definition) is 2. The minimum atomic E-state index is -1.04. The summed E-state index contributed by atoms with van der Waals surface area (Å²) in [6.45, 7) is 6.38. The SMILES string of the molecule is CCOCC(NC(=O)c1c(F)ccc(N)c1F)C(C)C. The van der Waals surface area contributed by atoms with E-state index >= 15 is 0 Å². The zero-order chi connectivity index (χ0) is 15.3. The van der Waals surface area contributed by atoms with Gasteiger partial charge in [0.05, 0.1) is 18.3 Å². The van der Waals surface area contributed by atoms with Crippen LogP contribution in [0.3, 0.4) is 0 Å². The Labute approximate surface area is 117 Å². The topological polar surface area (TPSA) is 64.3 Å². The molecule has 0 fully saturated rings. The normalized spacial score (nSPS) is 12.5. The lowest BCUT2D eigenvalue weighted by Gasteiger charge is -2.22. The predicted octanol–water partition coefficient (Wildman–Crippen LogP) is 2.34. The number of rotatable bonds is 6. The van der Waals surface area contributed by atoms with Gasteiger partial charge < -0.3 is 15.8 Å². The van der Waals surface area contributed by atoms with Crippen molar-refractivity contribution in [2.45, 2.75) is 26.8 Å². The summed E-state index contributed by atoms with van der Waals surface area (Å²) in [6.07, 6.45) is 0. The summed E-state index contributed by atoms with van der Waals surface area (Å²) in [5.74, 6) is -2.74. The Balaban J connectivity index is 2.92. The largest absolute Gasteiger partial charge is 0.396 e. The molecule has 0 spiro atoms. The number of carbonyl (C=O) groups is 1. The van der Waals surface area contributed by atoms with Crippen LogP contribution in [0.4, 0.5) is 14.5 Å². The van der Waals surface area contributed by atoms with Gasteiger partial charge in [-0.25, -0.2) is 8.78 Å². The summed E-state index contributed by atoms with van der Waals surface area (Å²) in [5, 5.41) is 2.58. The van der Waals surface area contributed by atoms with Crippen molar-refractivity contribution in [1.29, 1.82) is 0 Å². The Morgan fingerprint density at radius 1 is 1.40 bits per heavy atom. The Kier molecular flexibility index (Phi) is 5.88. The fraction of sp³-hybridized carbons (Fsp3) is 0.500. The maximum absolute atomic E-state index is 13.8. The van der Waals surface area contributed by atoms with Crippen LogP contribution in [0, 0.1) is 17.6 Å². The van der Waals surface area contributed by atoms with Crippen molar-refractivity contribution in [2.24, 2.45) is 5.92 Å². The Morgan fingerprint density at radius 2 is 2.05 bits per heavy atom. The van der Waals surface area contributed by atoms with E-state index in [0.29, 0.717) is 6.61 Å². The molecule has 0 aliphatic rings. The van der Waals surface area contributed by atoms with E-state index in [0.717, 1.165) is 12.1 Å². The number of amides is 1. The van der Waals surface area contributed by atoms with E-state index < -0.39 is 23.1 Å². The standard InChI is InChI=1S/C14H20F2N2O2/c1-4-20-7-11(8(2)3)18-14(19)12-9(15)5-6-10(17)13(12)16/h5-6,8,11H,4,7,17H2,1-3H3,(H,18,19). The molecule has 6 heteroatoms. The molecule has 0 saturated carbocycles. The minimum absolute atomic E-state index is 0.0673. The third-order valence-corrected chi connectivity index (χ3v) is 2.97. The van der Waals surface area contributed by atoms with Gasteiger partial charge in [0.25, 0.3) is 5.91 Å². The predicted molar refractivity (Wildman–Crippen MR) is 73.4 cm³/mol. The summed E-state index contributed by atoms with van der Waals surface area (Å²) in [4.78, 5) is 12.0. The molecule has 0 radical (unpaired) electrons. The van der Waals surface area contributed by atoms with Crippen molar-refractivity contribution in [1.82, 2.24) is 5.32 Å². The van der Waals surface area contributed by atoms with Crippen LogP contribution in [-0.2, 0) is 4.74 Å². The second kappa shape index (κ2) is 7.19. The van der Waals surface area contributed by atoms with E-state index in [9.17, 15) is 13.6 Å². The molecule has 20 heavy (non-hydrogen) atoms. The average molecular weight is 286 g/mol. The Hall–Kier alpha value is -1.69. The van der Waals surface area contributed by atoms with Gasteiger partial charge in [0.15, 0.2) is 5.82 Å². The highest BCUT2D eigenvalue weighted by molar-refractivity contribution is 5.95. The lowest BCUT2D eigenvalue weighted by molar-refractivity contribution is 0.0799. The third kappa shape index (κ3) is 3.90. The van der Waals surface area contributed by atoms with Crippen LogP contribution >= 0.6 is 0 Å². The number of carbonyl (C=O) groups excluding carboxylic acids is 1. The van der Waals surface area contributed by atoms with Crippen LogP contribution in [0.1, 0.15) is 31.1 Å². The van der Waals surface area contributed by atoms with Crippen molar-refractivity contribution in [3.8, 4) is 0 Å². The molecular weight excluding hydrogens is 266 g/mol. The summed E-state index contributed by atoms with van der Waals surface area (Å²) in [7, 11) is 0. The second-order valence-electron chi connectivity index (χ2n) is 4.81. The Bertz CT molecular complexity index is 478. The zero-order valence-electron chi connectivity index (χ0n) is 11.9. The molecule has 1 atom stereocenters. The molecule has 112 valence electrons. The molecule has 1 unspecified atom stereocenters. The first kappa shape index (κ1) is 16.4. The zero-order valence-corrected chi connectivity index (χ0v) is 11.9. The molecule has 0 heterocycles. The van der Waals surface area contributed by atoms with E-state index in [2.05, 4.69) is 5.32 Å². The fourth-order valence-corrected chi connectivity index (χ4v) is 1.66. The Morgan fingerprint density at radius 3 is 2.60 bits per heavy atom. The summed E-state index contributed by atoms with van der Waals surface area (Å²) >= 11 is 0. The van der Waals surface area contributed by atoms with Gasteiger partial charge in [-0.1, -0.05) is 13.8 Å². The van der Waals surface area contributed by atoms with E-state index in [1.165, 1.54) is 0 Å². The number of halogens is 2. The number of nitrogens with two attached hydrogens (primary N) is 1. The number of nitrogens with one attached hydrogen (secondary N) is 1. The molecule has 0 aliphatic carbocycles. The molecular formula is C14H20F2N2O2. The van der Waals surface area contributed by atoms with Crippen LogP contribution in [0.5, 0.6) is 0 Å². The number of nitrogen functional groups attached to an aromatic ring is 1. The number of hydrogen-bond acceptors (Lipinski definition) is 3. The summed E-state index contributed by atoms with van der Waals surface area (Å²) in [6, 6.07) is 1.73. The summed E-state index contributed by atoms with van der Waals surface area (Å²) < 4.78 is 32.6. The highest BCUT2D eigenvalue weighted by Gasteiger charge is 2.23. The molecule has 0 aliphatic heterocycles. The van der Waals surface area contributed by atoms with Crippen molar-refractivity contribution in [2.75, 3.05) is 18.9 Å². The number of ether oxygens (including phenoxy) is 1. The van der Waals surface area contributed by atoms with Gasteiger partial charge in [-0.2, -0.15) is 0 Å². The summed E-state index contributed by atoms with van der Waals surface area (Å²) in [5.41, 5.74) is 4.43. The van der Waals surface area contributed by atoms with Crippen LogP contribution < -0.4 is 11.1 Å². The van der Waals surface area contributed by atoms with Crippen molar-refractivity contribution in [3.63, 3.8) is 0 Å². The van der Waals surface area contributed by atoms with Crippen LogP contribution in [0.25, 0.3) is 0 Å². The lowest BCUT2D eigenvalue weighted by atomic mass is 10.0. The molecule has 0 bridgehead atoms. The first-order valence-electron chi connectivity index (χ1n) is 6.50. The van der Waals surface area contributed by atoms with Gasteiger partial charge in [0.2, 0.25) is 0 Å². The van der Waals surface area contributed by atoms with Gasteiger partial charge in [0, 0.05) is 6.61 Å². The third-order valence-electron chi connectivity index (χ3n) is 2.97. The molecule has 0 aromatic heterocycles. The quantitative estimate of drug-likeness (QED) is 0.789. The molecule has 0 saturated heterocycles. The van der Waals surface area contributed by atoms with Gasteiger partial charge in [-0.05, 0) is 25.0 Å². The van der Waals surface area contributed by atoms with E-state index in [1.54, 1.807) is 0 Å². The smallest absolute Gasteiger partial charge is 0.257 e. The van der Waals surface area contributed by atoms with Crippen LogP contribution in [0.15, 0.2) is 12.1 Å². The number of benzene rings is 1. The highest BCUT2D eigenvalue weighted by Crippen LogP contribution is 2.19. The number of anilines is 1. The molecule has 4 nitrogen and oxygen atoms in total. The first-order valence-corrected chi connectivity index (χ1v) is 6.50.